The molecule has 2 atom stereocenters. The van der Waals surface area contributed by atoms with Gasteiger partial charge in [-0.2, -0.15) is 0 Å². The number of esters is 1. The number of rotatable bonds is 4. The van der Waals surface area contributed by atoms with Crippen LogP contribution >= 0.6 is 0 Å². The van der Waals surface area contributed by atoms with Crippen LogP contribution in [0.5, 0.6) is 5.75 Å². The molecule has 0 bridgehead atoms. The van der Waals surface area contributed by atoms with Gasteiger partial charge in [-0.15, -0.1) is 0 Å². The van der Waals surface area contributed by atoms with Gasteiger partial charge < -0.3 is 4.74 Å². The Morgan fingerprint density at radius 2 is 1.91 bits per heavy atom. The van der Waals surface area contributed by atoms with E-state index in [9.17, 15) is 4.79 Å². The van der Waals surface area contributed by atoms with Crippen molar-refractivity contribution in [1.29, 1.82) is 0 Å². The van der Waals surface area contributed by atoms with Crippen molar-refractivity contribution in [3.05, 3.63) is 41.0 Å². The van der Waals surface area contributed by atoms with E-state index in [4.69, 9.17) is 4.74 Å². The summed E-state index contributed by atoms with van der Waals surface area (Å²) in [6.07, 6.45) is 2.20. The van der Waals surface area contributed by atoms with Gasteiger partial charge in [-0.1, -0.05) is 51.5 Å². The molecular formula is C20H28O2. The molecule has 2 rings (SSSR count). The second-order valence-corrected chi connectivity index (χ2v) is 7.69. The van der Waals surface area contributed by atoms with Gasteiger partial charge in [0.15, 0.2) is 0 Å². The zero-order valence-corrected chi connectivity index (χ0v) is 14.9. The Balaban J connectivity index is 2.20. The number of allylic oxidation sites excluding steroid dienone is 2. The molecule has 0 radical (unpaired) electrons. The van der Waals surface area contributed by atoms with Crippen LogP contribution in [0, 0.1) is 24.2 Å². The third-order valence-electron chi connectivity index (χ3n) is 4.68. The summed E-state index contributed by atoms with van der Waals surface area (Å²) >= 11 is 0. The van der Waals surface area contributed by atoms with Crippen LogP contribution < -0.4 is 4.74 Å². The second kappa shape index (κ2) is 5.91. The van der Waals surface area contributed by atoms with Crippen molar-refractivity contribution in [3.8, 4) is 5.75 Å². The predicted octanol–water partition coefficient (Wildman–Crippen LogP) is 5.26. The highest BCUT2D eigenvalue weighted by atomic mass is 16.5. The molecule has 1 aromatic carbocycles. The standard InChI is InChI=1S/C20H28O2/c1-12(2)10-16-18(20(16,6)7)19(21)22-17-11-14(5)8-9-15(17)13(3)4/h8-11,13,16,18H,1-7H3/t16-,18+/m0/s1. The van der Waals surface area contributed by atoms with Crippen molar-refractivity contribution in [2.45, 2.75) is 54.4 Å². The summed E-state index contributed by atoms with van der Waals surface area (Å²) in [6, 6.07) is 6.10. The lowest BCUT2D eigenvalue weighted by atomic mass is 10.0. The lowest BCUT2D eigenvalue weighted by molar-refractivity contribution is -0.136. The van der Waals surface area contributed by atoms with E-state index in [0.29, 0.717) is 5.92 Å². The van der Waals surface area contributed by atoms with Gasteiger partial charge in [-0.3, -0.25) is 4.79 Å². The molecule has 1 aromatic rings. The maximum Gasteiger partial charge on any atom is 0.315 e. The smallest absolute Gasteiger partial charge is 0.315 e. The molecule has 0 aliphatic heterocycles. The van der Waals surface area contributed by atoms with E-state index < -0.39 is 0 Å². The Morgan fingerprint density at radius 1 is 1.27 bits per heavy atom. The molecule has 0 aromatic heterocycles. The van der Waals surface area contributed by atoms with Crippen molar-refractivity contribution in [3.63, 3.8) is 0 Å². The van der Waals surface area contributed by atoms with E-state index in [0.717, 1.165) is 16.9 Å². The van der Waals surface area contributed by atoms with Gasteiger partial charge in [0.2, 0.25) is 0 Å². The molecular weight excluding hydrogens is 272 g/mol. The van der Waals surface area contributed by atoms with Crippen molar-refractivity contribution in [1.82, 2.24) is 0 Å². The molecule has 1 aliphatic rings. The monoisotopic (exact) mass is 300 g/mol. The van der Waals surface area contributed by atoms with Crippen LogP contribution in [0.3, 0.4) is 0 Å². The molecule has 0 spiro atoms. The Kier molecular flexibility index (Phi) is 4.51. The maximum absolute atomic E-state index is 12.6. The quantitative estimate of drug-likeness (QED) is 0.430. The van der Waals surface area contributed by atoms with Gasteiger partial charge in [-0.05, 0) is 55.2 Å². The summed E-state index contributed by atoms with van der Waals surface area (Å²) in [5, 5.41) is 0. The predicted molar refractivity (Wildman–Crippen MR) is 91.1 cm³/mol. The average Bonchev–Trinajstić information content (AvgIpc) is 2.89. The molecule has 2 heteroatoms. The van der Waals surface area contributed by atoms with Crippen LogP contribution in [0.1, 0.15) is 58.6 Å². The SMILES string of the molecule is CC(C)=C[C@H]1[C@H](C(=O)Oc2cc(C)ccc2C(C)C)C1(C)C. The van der Waals surface area contributed by atoms with Crippen molar-refractivity contribution in [2.75, 3.05) is 0 Å². The maximum atomic E-state index is 12.6. The number of hydrogen-bond acceptors (Lipinski definition) is 2. The largest absolute Gasteiger partial charge is 0.426 e. The van der Waals surface area contributed by atoms with Crippen LogP contribution in [0.4, 0.5) is 0 Å². The Bertz CT molecular complexity index is 604. The van der Waals surface area contributed by atoms with Crippen LogP contribution in [-0.4, -0.2) is 5.97 Å². The normalized spacial score (nSPS) is 22.4. The van der Waals surface area contributed by atoms with Gasteiger partial charge in [0.1, 0.15) is 5.75 Å². The van der Waals surface area contributed by atoms with Crippen LogP contribution in [0.2, 0.25) is 0 Å². The summed E-state index contributed by atoms with van der Waals surface area (Å²) in [4.78, 5) is 12.6. The minimum Gasteiger partial charge on any atom is -0.426 e. The molecule has 2 nitrogen and oxygen atoms in total. The fraction of sp³-hybridized carbons (Fsp3) is 0.550. The van der Waals surface area contributed by atoms with E-state index in [1.54, 1.807) is 0 Å². The molecule has 1 saturated carbocycles. The highest BCUT2D eigenvalue weighted by Gasteiger charge is 2.61. The van der Waals surface area contributed by atoms with Gasteiger partial charge >= 0.3 is 5.97 Å². The molecule has 0 unspecified atom stereocenters. The molecule has 0 amide bonds. The van der Waals surface area contributed by atoms with Crippen molar-refractivity contribution >= 4 is 5.97 Å². The molecule has 0 N–H and O–H groups in total. The van der Waals surface area contributed by atoms with Crippen molar-refractivity contribution < 1.29 is 9.53 Å². The molecule has 22 heavy (non-hydrogen) atoms. The first kappa shape index (κ1) is 16.8. The summed E-state index contributed by atoms with van der Waals surface area (Å²) in [6.45, 7) is 14.7. The Hall–Kier alpha value is -1.57. The number of carbonyl (C=O) groups is 1. The first-order chi connectivity index (χ1) is 10.1. The zero-order valence-electron chi connectivity index (χ0n) is 14.9. The highest BCUT2D eigenvalue weighted by molar-refractivity contribution is 5.80. The lowest BCUT2D eigenvalue weighted by Gasteiger charge is -2.14. The van der Waals surface area contributed by atoms with E-state index >= 15 is 0 Å². The molecule has 1 fully saturated rings. The minimum atomic E-state index is -0.0972. The highest BCUT2D eigenvalue weighted by Crippen LogP contribution is 2.59. The number of hydrogen-bond donors (Lipinski definition) is 0. The first-order valence-corrected chi connectivity index (χ1v) is 8.12. The molecule has 0 heterocycles. The summed E-state index contributed by atoms with van der Waals surface area (Å²) in [5.74, 6) is 1.21. The number of ether oxygens (including phenoxy) is 1. The lowest BCUT2D eigenvalue weighted by Crippen LogP contribution is -2.15. The van der Waals surface area contributed by atoms with E-state index in [1.807, 2.05) is 13.0 Å². The van der Waals surface area contributed by atoms with Gasteiger partial charge in [0.25, 0.3) is 0 Å². The summed E-state index contributed by atoms with van der Waals surface area (Å²) in [5.41, 5.74) is 3.46. The van der Waals surface area contributed by atoms with E-state index in [1.165, 1.54) is 5.57 Å². The van der Waals surface area contributed by atoms with Crippen LogP contribution in [0.15, 0.2) is 29.8 Å². The number of aryl methyl sites for hydroxylation is 1. The molecule has 1 aliphatic carbocycles. The zero-order chi connectivity index (χ0) is 16.7. The third-order valence-corrected chi connectivity index (χ3v) is 4.68. The fourth-order valence-corrected chi connectivity index (χ4v) is 3.18. The molecule has 0 saturated heterocycles. The number of carbonyl (C=O) groups excluding carboxylic acids is 1. The van der Waals surface area contributed by atoms with E-state index in [2.05, 4.69) is 59.8 Å². The van der Waals surface area contributed by atoms with Gasteiger partial charge in [-0.25, -0.2) is 0 Å². The first-order valence-electron chi connectivity index (χ1n) is 8.12. The minimum absolute atomic E-state index is 0.00380. The number of benzene rings is 1. The fourth-order valence-electron chi connectivity index (χ4n) is 3.18. The second-order valence-electron chi connectivity index (χ2n) is 7.69. The average molecular weight is 300 g/mol. The van der Waals surface area contributed by atoms with Crippen molar-refractivity contribution in [2.24, 2.45) is 17.3 Å². The Labute approximate surface area is 134 Å². The van der Waals surface area contributed by atoms with Gasteiger partial charge in [0, 0.05) is 0 Å². The topological polar surface area (TPSA) is 26.3 Å². The summed E-state index contributed by atoms with van der Waals surface area (Å²) in [7, 11) is 0. The summed E-state index contributed by atoms with van der Waals surface area (Å²) < 4.78 is 5.79. The van der Waals surface area contributed by atoms with Crippen LogP contribution in [0.25, 0.3) is 0 Å². The van der Waals surface area contributed by atoms with Gasteiger partial charge in [0.05, 0.1) is 5.92 Å². The molecule has 120 valence electrons. The Morgan fingerprint density at radius 3 is 2.45 bits per heavy atom. The van der Waals surface area contributed by atoms with E-state index in [-0.39, 0.29) is 23.2 Å². The van der Waals surface area contributed by atoms with Crippen LogP contribution in [-0.2, 0) is 4.79 Å². The third kappa shape index (κ3) is 3.26.